The first-order valence-corrected chi connectivity index (χ1v) is 5.01. The van der Waals surface area contributed by atoms with Gasteiger partial charge in [0.1, 0.15) is 11.3 Å². The quantitative estimate of drug-likeness (QED) is 0.782. The molecule has 88 valence electrons. The fourth-order valence-corrected chi connectivity index (χ4v) is 1.61. The summed E-state index contributed by atoms with van der Waals surface area (Å²) in [7, 11) is 4.66. The summed E-state index contributed by atoms with van der Waals surface area (Å²) in [5, 5.41) is 2.97. The van der Waals surface area contributed by atoms with Gasteiger partial charge in [0.05, 0.1) is 14.2 Å². The van der Waals surface area contributed by atoms with Crippen LogP contribution >= 0.6 is 0 Å². The Kier molecular flexibility index (Phi) is 3.90. The highest BCUT2D eigenvalue weighted by Crippen LogP contribution is 2.30. The highest BCUT2D eigenvalue weighted by Gasteiger charge is 2.36. The van der Waals surface area contributed by atoms with E-state index in [0.717, 1.165) is 5.56 Å². The van der Waals surface area contributed by atoms with E-state index in [0.29, 0.717) is 5.75 Å². The van der Waals surface area contributed by atoms with Crippen molar-refractivity contribution in [2.75, 3.05) is 21.3 Å². The number of nitrogens with one attached hydrogen (secondary N) is 1. The summed E-state index contributed by atoms with van der Waals surface area (Å²) in [6, 6.07) is 7.37. The van der Waals surface area contributed by atoms with E-state index in [2.05, 4.69) is 5.32 Å². The van der Waals surface area contributed by atoms with Crippen molar-refractivity contribution >= 4 is 5.97 Å². The van der Waals surface area contributed by atoms with Gasteiger partial charge in [0.2, 0.25) is 0 Å². The average Bonchev–Trinajstić information content (AvgIpc) is 2.36. The number of benzene rings is 1. The lowest BCUT2D eigenvalue weighted by molar-refractivity contribution is -0.148. The van der Waals surface area contributed by atoms with Gasteiger partial charge in [0, 0.05) is 5.56 Å². The molecule has 0 aromatic heterocycles. The number of likely N-dealkylation sites (N-methyl/N-ethyl adjacent to an activating group) is 1. The smallest absolute Gasteiger partial charge is 0.330 e. The van der Waals surface area contributed by atoms with Crippen LogP contribution in [-0.2, 0) is 15.1 Å². The number of hydrogen-bond acceptors (Lipinski definition) is 4. The zero-order valence-corrected chi connectivity index (χ0v) is 10.0. The predicted molar refractivity (Wildman–Crippen MR) is 61.4 cm³/mol. The van der Waals surface area contributed by atoms with Crippen LogP contribution in [0.3, 0.4) is 0 Å². The number of carbonyl (C=O) groups excluding carboxylic acids is 1. The van der Waals surface area contributed by atoms with Gasteiger partial charge in [0.15, 0.2) is 0 Å². The number of hydrogen-bond donors (Lipinski definition) is 1. The summed E-state index contributed by atoms with van der Waals surface area (Å²) in [5.41, 5.74) is -0.145. The molecule has 0 saturated carbocycles. The fourth-order valence-electron chi connectivity index (χ4n) is 1.61. The first kappa shape index (κ1) is 12.5. The first-order valence-electron chi connectivity index (χ1n) is 5.01. The molecule has 1 rings (SSSR count). The molecule has 0 aliphatic rings. The van der Waals surface area contributed by atoms with Gasteiger partial charge in [-0.25, -0.2) is 4.79 Å². The molecule has 4 nitrogen and oxygen atoms in total. The minimum Gasteiger partial charge on any atom is -0.496 e. The molecule has 1 aromatic rings. The molecule has 1 unspecified atom stereocenters. The van der Waals surface area contributed by atoms with Crippen LogP contribution in [0.4, 0.5) is 0 Å². The van der Waals surface area contributed by atoms with E-state index in [4.69, 9.17) is 9.47 Å². The van der Waals surface area contributed by atoms with Crippen molar-refractivity contribution in [1.29, 1.82) is 0 Å². The minimum absolute atomic E-state index is 0.348. The maximum atomic E-state index is 11.8. The Morgan fingerprint density at radius 2 is 1.94 bits per heavy atom. The Bertz CT molecular complexity index is 378. The molecule has 0 spiro atoms. The molecular weight excluding hydrogens is 206 g/mol. The van der Waals surface area contributed by atoms with Gasteiger partial charge in [-0.2, -0.15) is 0 Å². The largest absolute Gasteiger partial charge is 0.496 e. The Hall–Kier alpha value is -1.55. The fraction of sp³-hybridized carbons (Fsp3) is 0.417. The zero-order valence-electron chi connectivity index (χ0n) is 10.0. The molecule has 16 heavy (non-hydrogen) atoms. The number of methoxy groups -OCH3 is 2. The Labute approximate surface area is 95.6 Å². The van der Waals surface area contributed by atoms with Gasteiger partial charge >= 0.3 is 5.97 Å². The second-order valence-corrected chi connectivity index (χ2v) is 3.57. The lowest BCUT2D eigenvalue weighted by Crippen LogP contribution is -2.45. The van der Waals surface area contributed by atoms with Crippen molar-refractivity contribution in [2.24, 2.45) is 0 Å². The van der Waals surface area contributed by atoms with Gasteiger partial charge in [0.25, 0.3) is 0 Å². The Morgan fingerprint density at radius 1 is 1.31 bits per heavy atom. The standard InChI is InChI=1S/C12H17NO3/c1-12(13-2,11(14)16-4)9-7-5-6-8-10(9)15-3/h5-8,13H,1-4H3. The number of rotatable bonds is 4. The van der Waals surface area contributed by atoms with E-state index in [1.54, 1.807) is 21.1 Å². The van der Waals surface area contributed by atoms with Crippen LogP contribution in [0.1, 0.15) is 12.5 Å². The molecule has 1 aromatic carbocycles. The van der Waals surface area contributed by atoms with Crippen LogP contribution in [0.2, 0.25) is 0 Å². The van der Waals surface area contributed by atoms with E-state index < -0.39 is 5.54 Å². The third kappa shape index (κ3) is 2.02. The normalized spacial score (nSPS) is 14.0. The van der Waals surface area contributed by atoms with Crippen LogP contribution in [0.5, 0.6) is 5.75 Å². The highest BCUT2D eigenvalue weighted by atomic mass is 16.5. The predicted octanol–water partition coefficient (Wildman–Crippen LogP) is 1.30. The van der Waals surface area contributed by atoms with Gasteiger partial charge in [-0.3, -0.25) is 0 Å². The molecule has 0 saturated heterocycles. The third-order valence-corrected chi connectivity index (χ3v) is 2.74. The summed E-state index contributed by atoms with van der Waals surface area (Å²) < 4.78 is 10.0. The minimum atomic E-state index is -0.901. The third-order valence-electron chi connectivity index (χ3n) is 2.74. The molecule has 0 radical (unpaired) electrons. The SMILES string of the molecule is CNC(C)(C(=O)OC)c1ccccc1OC. The van der Waals surface area contributed by atoms with E-state index in [-0.39, 0.29) is 5.97 Å². The van der Waals surface area contributed by atoms with Gasteiger partial charge < -0.3 is 14.8 Å². The molecule has 0 bridgehead atoms. The van der Waals surface area contributed by atoms with E-state index in [1.807, 2.05) is 24.3 Å². The van der Waals surface area contributed by atoms with Crippen molar-refractivity contribution in [3.8, 4) is 5.75 Å². The molecule has 0 aliphatic carbocycles. The van der Waals surface area contributed by atoms with E-state index >= 15 is 0 Å². The van der Waals surface area contributed by atoms with Crippen LogP contribution < -0.4 is 10.1 Å². The molecule has 0 aliphatic heterocycles. The Morgan fingerprint density at radius 3 is 2.44 bits per heavy atom. The van der Waals surface area contributed by atoms with Crippen LogP contribution in [0, 0.1) is 0 Å². The second kappa shape index (κ2) is 4.99. The first-order chi connectivity index (χ1) is 7.60. The highest BCUT2D eigenvalue weighted by molar-refractivity contribution is 5.83. The molecule has 0 fully saturated rings. The van der Waals surface area contributed by atoms with Crippen molar-refractivity contribution in [3.63, 3.8) is 0 Å². The maximum Gasteiger partial charge on any atom is 0.330 e. The number of esters is 1. The molecule has 1 N–H and O–H groups in total. The average molecular weight is 223 g/mol. The lowest BCUT2D eigenvalue weighted by atomic mass is 9.91. The molecule has 0 heterocycles. The zero-order chi connectivity index (χ0) is 12.2. The van der Waals surface area contributed by atoms with Gasteiger partial charge in [-0.1, -0.05) is 18.2 Å². The molecular formula is C12H17NO3. The molecule has 4 heteroatoms. The van der Waals surface area contributed by atoms with Crippen molar-refractivity contribution < 1.29 is 14.3 Å². The van der Waals surface area contributed by atoms with E-state index in [9.17, 15) is 4.79 Å². The summed E-state index contributed by atoms with van der Waals surface area (Å²) in [6.45, 7) is 1.76. The monoisotopic (exact) mass is 223 g/mol. The summed E-state index contributed by atoms with van der Waals surface area (Å²) in [4.78, 5) is 11.8. The van der Waals surface area contributed by atoms with Crippen LogP contribution in [-0.4, -0.2) is 27.2 Å². The van der Waals surface area contributed by atoms with Crippen molar-refractivity contribution in [1.82, 2.24) is 5.32 Å². The lowest BCUT2D eigenvalue weighted by Gasteiger charge is -2.28. The summed E-state index contributed by atoms with van der Waals surface area (Å²) in [5.74, 6) is 0.309. The van der Waals surface area contributed by atoms with Crippen molar-refractivity contribution in [3.05, 3.63) is 29.8 Å². The van der Waals surface area contributed by atoms with E-state index in [1.165, 1.54) is 7.11 Å². The Balaban J connectivity index is 3.27. The topological polar surface area (TPSA) is 47.6 Å². The van der Waals surface area contributed by atoms with Crippen LogP contribution in [0.25, 0.3) is 0 Å². The maximum absolute atomic E-state index is 11.8. The second-order valence-electron chi connectivity index (χ2n) is 3.57. The summed E-state index contributed by atoms with van der Waals surface area (Å²) in [6.07, 6.45) is 0. The number of carbonyl (C=O) groups is 1. The number of ether oxygens (including phenoxy) is 2. The number of para-hydroxylation sites is 1. The van der Waals surface area contributed by atoms with Gasteiger partial charge in [-0.05, 0) is 20.0 Å². The summed E-state index contributed by atoms with van der Waals surface area (Å²) >= 11 is 0. The van der Waals surface area contributed by atoms with Crippen molar-refractivity contribution in [2.45, 2.75) is 12.5 Å². The van der Waals surface area contributed by atoms with Crippen LogP contribution in [0.15, 0.2) is 24.3 Å². The molecule has 1 atom stereocenters. The van der Waals surface area contributed by atoms with Gasteiger partial charge in [-0.15, -0.1) is 0 Å². The molecule has 0 amide bonds.